The van der Waals surface area contributed by atoms with Gasteiger partial charge < -0.3 is 14.2 Å². The van der Waals surface area contributed by atoms with Crippen LogP contribution in [0.4, 0.5) is 0 Å². The van der Waals surface area contributed by atoms with E-state index < -0.39 is 0 Å². The first-order chi connectivity index (χ1) is 6.81. The number of nitriles is 1. The molecule has 0 aromatic rings. The number of nitrogens with zero attached hydrogens (tertiary/aromatic N) is 1. The molecule has 0 aromatic carbocycles. The van der Waals surface area contributed by atoms with Gasteiger partial charge in [0.15, 0.2) is 0 Å². The zero-order valence-electron chi connectivity index (χ0n) is 8.31. The molecule has 78 valence electrons. The number of hydrogen-bond acceptors (Lipinski definition) is 4. The molecule has 2 aliphatic heterocycles. The Kier molecular flexibility index (Phi) is 3.02. The summed E-state index contributed by atoms with van der Waals surface area (Å²) in [6.45, 7) is 3.69. The van der Waals surface area contributed by atoms with Gasteiger partial charge in [0, 0.05) is 6.61 Å². The second-order valence-corrected chi connectivity index (χ2v) is 3.90. The van der Waals surface area contributed by atoms with Crippen molar-refractivity contribution in [2.45, 2.75) is 31.7 Å². The Morgan fingerprint density at radius 3 is 3.21 bits per heavy atom. The highest BCUT2D eigenvalue weighted by Crippen LogP contribution is 2.28. The highest BCUT2D eigenvalue weighted by molar-refractivity contribution is 4.90. The molecule has 4 heteroatoms. The van der Waals surface area contributed by atoms with Gasteiger partial charge in [-0.3, -0.25) is 0 Å². The minimum Gasteiger partial charge on any atom is -0.373 e. The van der Waals surface area contributed by atoms with E-state index >= 15 is 0 Å². The van der Waals surface area contributed by atoms with Gasteiger partial charge in [0.05, 0.1) is 31.3 Å². The first-order valence-electron chi connectivity index (χ1n) is 5.05. The van der Waals surface area contributed by atoms with Crippen LogP contribution in [0.15, 0.2) is 0 Å². The number of ether oxygens (including phenoxy) is 3. The van der Waals surface area contributed by atoms with Crippen molar-refractivity contribution >= 4 is 0 Å². The van der Waals surface area contributed by atoms with E-state index in [2.05, 4.69) is 6.07 Å². The van der Waals surface area contributed by atoms with Gasteiger partial charge in [0.1, 0.15) is 12.2 Å². The molecule has 0 aromatic heterocycles. The Hall–Kier alpha value is -0.630. The first-order valence-corrected chi connectivity index (χ1v) is 5.05. The molecule has 0 N–H and O–H groups in total. The number of hydrogen-bond donors (Lipinski definition) is 0. The second kappa shape index (κ2) is 4.26. The van der Waals surface area contributed by atoms with Gasteiger partial charge in [0.2, 0.25) is 0 Å². The fraction of sp³-hybridized carbons (Fsp3) is 0.900. The maximum absolute atomic E-state index is 8.60. The van der Waals surface area contributed by atoms with Gasteiger partial charge in [-0.25, -0.2) is 0 Å². The fourth-order valence-corrected chi connectivity index (χ4v) is 1.88. The summed E-state index contributed by atoms with van der Waals surface area (Å²) in [6, 6.07) is 2.14. The molecule has 2 rings (SSSR count). The van der Waals surface area contributed by atoms with Gasteiger partial charge in [-0.05, 0) is 13.3 Å². The summed E-state index contributed by atoms with van der Waals surface area (Å²) in [6.07, 6.45) is 1.31. The van der Waals surface area contributed by atoms with Gasteiger partial charge in [-0.2, -0.15) is 5.26 Å². The topological polar surface area (TPSA) is 51.5 Å². The average molecular weight is 197 g/mol. The lowest BCUT2D eigenvalue weighted by molar-refractivity contribution is -0.0362. The largest absolute Gasteiger partial charge is 0.373 e. The van der Waals surface area contributed by atoms with Crippen molar-refractivity contribution in [3.05, 3.63) is 0 Å². The fourth-order valence-electron chi connectivity index (χ4n) is 1.88. The van der Waals surface area contributed by atoms with Crippen LogP contribution in [0.1, 0.15) is 13.3 Å². The third-order valence-electron chi connectivity index (χ3n) is 2.70. The summed E-state index contributed by atoms with van der Waals surface area (Å²) in [7, 11) is 0. The first kappa shape index (κ1) is 9.91. The molecule has 0 saturated carbocycles. The molecular weight excluding hydrogens is 182 g/mol. The lowest BCUT2D eigenvalue weighted by Crippen LogP contribution is -2.31. The van der Waals surface area contributed by atoms with Crippen LogP contribution < -0.4 is 0 Å². The molecule has 4 atom stereocenters. The monoisotopic (exact) mass is 197 g/mol. The van der Waals surface area contributed by atoms with Crippen LogP contribution in [-0.2, 0) is 14.2 Å². The van der Waals surface area contributed by atoms with Crippen molar-refractivity contribution in [1.29, 1.82) is 5.26 Å². The third kappa shape index (κ3) is 1.90. The molecule has 0 radical (unpaired) electrons. The van der Waals surface area contributed by atoms with E-state index in [1.54, 1.807) is 0 Å². The standard InChI is InChI=1S/C10H15NO3/c1-7(4-11)5-13-9-6-14-8-2-3-12-10(8)9/h7-10H,2-3,5-6H2,1H3/t7?,8?,9-,10?/m0/s1. The Morgan fingerprint density at radius 2 is 2.43 bits per heavy atom. The summed E-state index contributed by atoms with van der Waals surface area (Å²) in [4.78, 5) is 0. The Balaban J connectivity index is 1.79. The number of fused-ring (bicyclic) bond motifs is 1. The Bertz CT molecular complexity index is 238. The van der Waals surface area contributed by atoms with Crippen molar-refractivity contribution in [3.63, 3.8) is 0 Å². The van der Waals surface area contributed by atoms with Crippen molar-refractivity contribution in [3.8, 4) is 6.07 Å². The maximum atomic E-state index is 8.60. The molecule has 0 amide bonds. The van der Waals surface area contributed by atoms with E-state index in [0.29, 0.717) is 13.2 Å². The molecule has 4 nitrogen and oxygen atoms in total. The van der Waals surface area contributed by atoms with E-state index in [4.69, 9.17) is 19.5 Å². The molecule has 0 aliphatic carbocycles. The Labute approximate surface area is 83.7 Å². The van der Waals surface area contributed by atoms with E-state index in [1.807, 2.05) is 6.92 Å². The molecule has 2 saturated heterocycles. The normalized spacial score (nSPS) is 37.9. The molecule has 14 heavy (non-hydrogen) atoms. The highest BCUT2D eigenvalue weighted by atomic mass is 16.6. The van der Waals surface area contributed by atoms with Crippen LogP contribution in [0.2, 0.25) is 0 Å². The van der Waals surface area contributed by atoms with Crippen molar-refractivity contribution in [2.24, 2.45) is 5.92 Å². The second-order valence-electron chi connectivity index (χ2n) is 3.90. The van der Waals surface area contributed by atoms with Crippen LogP contribution in [0.3, 0.4) is 0 Å². The minimum absolute atomic E-state index is 0.0262. The quantitative estimate of drug-likeness (QED) is 0.669. The van der Waals surface area contributed by atoms with E-state index in [0.717, 1.165) is 13.0 Å². The molecule has 2 heterocycles. The Morgan fingerprint density at radius 1 is 1.57 bits per heavy atom. The predicted octanol–water partition coefficient (Wildman–Crippen LogP) is 0.719. The van der Waals surface area contributed by atoms with Crippen LogP contribution in [-0.4, -0.2) is 38.1 Å². The van der Waals surface area contributed by atoms with Gasteiger partial charge in [0.25, 0.3) is 0 Å². The SMILES string of the molecule is CC(C#N)CO[C@H]1COC2CCOC21. The summed E-state index contributed by atoms with van der Waals surface area (Å²) in [5.41, 5.74) is 0. The average Bonchev–Trinajstić information content (AvgIpc) is 2.76. The molecule has 0 spiro atoms. The van der Waals surface area contributed by atoms with Crippen molar-refractivity contribution in [1.82, 2.24) is 0 Å². The van der Waals surface area contributed by atoms with Gasteiger partial charge in [-0.1, -0.05) is 0 Å². The van der Waals surface area contributed by atoms with E-state index in [-0.39, 0.29) is 24.2 Å². The predicted molar refractivity (Wildman–Crippen MR) is 48.6 cm³/mol. The molecule has 0 bridgehead atoms. The summed E-state index contributed by atoms with van der Waals surface area (Å²) < 4.78 is 16.6. The van der Waals surface area contributed by atoms with Crippen LogP contribution in [0.5, 0.6) is 0 Å². The van der Waals surface area contributed by atoms with E-state index in [1.165, 1.54) is 0 Å². The molecule has 2 aliphatic rings. The summed E-state index contributed by atoms with van der Waals surface area (Å²) >= 11 is 0. The zero-order chi connectivity index (χ0) is 9.97. The molecule has 3 unspecified atom stereocenters. The highest BCUT2D eigenvalue weighted by Gasteiger charge is 2.42. The lowest BCUT2D eigenvalue weighted by atomic mass is 10.1. The molecular formula is C10H15NO3. The van der Waals surface area contributed by atoms with Crippen molar-refractivity contribution < 1.29 is 14.2 Å². The van der Waals surface area contributed by atoms with Crippen molar-refractivity contribution in [2.75, 3.05) is 19.8 Å². The van der Waals surface area contributed by atoms with Crippen LogP contribution in [0.25, 0.3) is 0 Å². The zero-order valence-corrected chi connectivity index (χ0v) is 8.31. The minimum atomic E-state index is -0.0598. The lowest BCUT2D eigenvalue weighted by Gasteiger charge is -2.17. The van der Waals surface area contributed by atoms with Crippen LogP contribution in [0, 0.1) is 17.2 Å². The molecule has 2 fully saturated rings. The van der Waals surface area contributed by atoms with E-state index in [9.17, 15) is 0 Å². The smallest absolute Gasteiger partial charge is 0.112 e. The maximum Gasteiger partial charge on any atom is 0.112 e. The van der Waals surface area contributed by atoms with Crippen LogP contribution >= 0.6 is 0 Å². The summed E-state index contributed by atoms with van der Waals surface area (Å²) in [5.74, 6) is -0.0598. The third-order valence-corrected chi connectivity index (χ3v) is 2.70. The number of rotatable bonds is 3. The van der Waals surface area contributed by atoms with Gasteiger partial charge in [-0.15, -0.1) is 0 Å². The summed E-state index contributed by atoms with van der Waals surface area (Å²) in [5, 5.41) is 8.60. The van der Waals surface area contributed by atoms with Gasteiger partial charge >= 0.3 is 0 Å².